The number of hydrogen-bond donors (Lipinski definition) is 5. The van der Waals surface area contributed by atoms with E-state index in [-0.39, 0.29) is 6.42 Å². The lowest BCUT2D eigenvalue weighted by molar-refractivity contribution is -0.370. The zero-order valence-corrected chi connectivity index (χ0v) is 24.5. The number of ketones is 1. The fourth-order valence-corrected chi connectivity index (χ4v) is 7.79. The quantitative estimate of drug-likeness (QED) is 0.158. The molecule has 6 N–H and O–H groups in total. The Hall–Kier alpha value is -2.96. The number of hydrogen-bond acceptors (Lipinski definition) is 11. The van der Waals surface area contributed by atoms with Crippen LogP contribution in [0.1, 0.15) is 60.8 Å². The molecular formula is C30H42N4O7. The number of fused-ring (bicyclic) bond motifs is 4. The molecule has 1 saturated heterocycles. The number of aliphatic hydroxyl groups excluding tert-OH is 2. The van der Waals surface area contributed by atoms with Gasteiger partial charge < -0.3 is 30.2 Å². The maximum absolute atomic E-state index is 13.6. The van der Waals surface area contributed by atoms with Crippen LogP contribution in [0.25, 0.3) is 10.8 Å². The molecular weight excluding hydrogens is 528 g/mol. The third kappa shape index (κ3) is 4.54. The Morgan fingerprint density at radius 2 is 1.88 bits per heavy atom. The second-order valence-electron chi connectivity index (χ2n) is 12.8. The van der Waals surface area contributed by atoms with E-state index in [1.54, 1.807) is 20.0 Å². The molecule has 1 aromatic carbocycles. The first kappa shape index (κ1) is 31.0. The van der Waals surface area contributed by atoms with E-state index in [9.17, 15) is 24.9 Å². The number of carbonyl (C=O) groups excluding carboxylic acids is 2. The highest BCUT2D eigenvalue weighted by molar-refractivity contribution is 5.92. The van der Waals surface area contributed by atoms with Gasteiger partial charge in [-0.2, -0.15) is 5.10 Å². The minimum absolute atomic E-state index is 0.138. The van der Waals surface area contributed by atoms with Gasteiger partial charge in [-0.05, 0) is 32.1 Å². The largest absolute Gasteiger partial charge is 0.457 e. The van der Waals surface area contributed by atoms with Crippen molar-refractivity contribution in [2.45, 2.75) is 95.9 Å². The number of hydrazine groups is 1. The summed E-state index contributed by atoms with van der Waals surface area (Å²) in [6, 6.07) is 7.79. The number of ether oxygens (including phenoxy) is 2. The van der Waals surface area contributed by atoms with Crippen LogP contribution < -0.4 is 11.3 Å². The van der Waals surface area contributed by atoms with Crippen LogP contribution in [-0.4, -0.2) is 72.4 Å². The molecule has 11 nitrogen and oxygen atoms in total. The van der Waals surface area contributed by atoms with Crippen LogP contribution in [0.3, 0.4) is 0 Å². The molecule has 0 amide bonds. The summed E-state index contributed by atoms with van der Waals surface area (Å²) in [6.07, 6.45) is 0.410. The SMILES string of the molecule is C=C[C@@]1(C)CC(=O)[C@]2(O)[C@@]3(C)[C@@H](O)CCC(C)(C)[C@@H]3[C@H](O)[C@H](OC(C)=O)[C@@]2(C)O1.NNc1nncc2ccccc12. The second-order valence-corrected chi connectivity index (χ2v) is 12.8. The molecule has 0 bridgehead atoms. The van der Waals surface area contributed by atoms with Crippen molar-refractivity contribution < 1.29 is 34.4 Å². The maximum Gasteiger partial charge on any atom is 0.303 e. The number of nitrogen functional groups attached to an aromatic ring is 1. The number of nitrogens with one attached hydrogen (secondary N) is 1. The molecule has 8 atom stereocenters. The standard InChI is InChI=1S/C22H34O7.C8H8N4/c1-8-19(5)11-14(25)22(27)20(6)13(24)9-10-18(3,4)16(20)15(26)17(28-12(2)23)21(22,7)29-19;9-11-8-7-4-2-1-3-6(7)5-10-12-8/h8,13,15-17,24,26-27H,1,9-11H2,2-7H3;1-5H,9H2,(H,11,12)/t13-,15-,16-,17-,19-,20-,21+,22-;/m0./s1. The van der Waals surface area contributed by atoms with Gasteiger partial charge in [0.1, 0.15) is 5.60 Å². The number of Topliss-reactive ketones (excluding diaryl/α,β-unsaturated/α-hetero) is 1. The summed E-state index contributed by atoms with van der Waals surface area (Å²) in [7, 11) is 0. The zero-order chi connectivity index (χ0) is 30.6. The van der Waals surface area contributed by atoms with Crippen LogP contribution in [0.15, 0.2) is 43.1 Å². The van der Waals surface area contributed by atoms with E-state index >= 15 is 0 Å². The second kappa shape index (κ2) is 10.4. The molecule has 11 heteroatoms. The summed E-state index contributed by atoms with van der Waals surface area (Å²) in [5.41, 5.74) is -4.51. The molecule has 2 saturated carbocycles. The first-order valence-corrected chi connectivity index (χ1v) is 13.8. The van der Waals surface area contributed by atoms with Crippen LogP contribution in [0.2, 0.25) is 0 Å². The van der Waals surface area contributed by atoms with Crippen molar-refractivity contribution in [3.8, 4) is 0 Å². The highest BCUT2D eigenvalue weighted by Crippen LogP contribution is 2.67. The van der Waals surface area contributed by atoms with Gasteiger partial charge in [-0.3, -0.25) is 9.59 Å². The number of rotatable bonds is 3. The number of anilines is 1. The van der Waals surface area contributed by atoms with E-state index in [2.05, 4.69) is 22.2 Å². The van der Waals surface area contributed by atoms with E-state index in [0.29, 0.717) is 18.7 Å². The summed E-state index contributed by atoms with van der Waals surface area (Å²) in [5.74, 6) is 3.99. The predicted octanol–water partition coefficient (Wildman–Crippen LogP) is 2.44. The van der Waals surface area contributed by atoms with E-state index in [1.165, 1.54) is 19.9 Å². The maximum atomic E-state index is 13.6. The molecule has 0 unspecified atom stereocenters. The molecule has 2 aromatic rings. The molecule has 0 spiro atoms. The van der Waals surface area contributed by atoms with Gasteiger partial charge >= 0.3 is 5.97 Å². The van der Waals surface area contributed by atoms with Gasteiger partial charge in [-0.15, -0.1) is 11.7 Å². The Kier molecular flexibility index (Phi) is 7.85. The van der Waals surface area contributed by atoms with Gasteiger partial charge in [0, 0.05) is 35.4 Å². The monoisotopic (exact) mass is 570 g/mol. The van der Waals surface area contributed by atoms with Gasteiger partial charge in [0.2, 0.25) is 0 Å². The number of esters is 1. The smallest absolute Gasteiger partial charge is 0.303 e. The van der Waals surface area contributed by atoms with E-state index in [0.717, 1.165) is 10.8 Å². The number of aliphatic hydroxyl groups is 3. The molecule has 2 heterocycles. The minimum Gasteiger partial charge on any atom is -0.457 e. The summed E-state index contributed by atoms with van der Waals surface area (Å²) in [5, 5.41) is 44.3. The van der Waals surface area contributed by atoms with Crippen LogP contribution in [0.5, 0.6) is 0 Å². The Morgan fingerprint density at radius 1 is 1.22 bits per heavy atom. The van der Waals surface area contributed by atoms with E-state index in [1.807, 2.05) is 38.1 Å². The van der Waals surface area contributed by atoms with Gasteiger partial charge in [-0.1, -0.05) is 51.1 Å². The highest BCUT2D eigenvalue weighted by Gasteiger charge is 2.81. The zero-order valence-electron chi connectivity index (χ0n) is 24.5. The molecule has 3 fully saturated rings. The molecule has 224 valence electrons. The fraction of sp³-hybridized carbons (Fsp3) is 0.600. The van der Waals surface area contributed by atoms with Crippen molar-refractivity contribution in [3.63, 3.8) is 0 Å². The van der Waals surface area contributed by atoms with Crippen molar-refractivity contribution in [2.24, 2.45) is 22.6 Å². The molecule has 0 radical (unpaired) electrons. The molecule has 1 aromatic heterocycles. The highest BCUT2D eigenvalue weighted by atomic mass is 16.6. The van der Waals surface area contributed by atoms with Crippen LogP contribution in [0.4, 0.5) is 5.82 Å². The topological polar surface area (TPSA) is 177 Å². The van der Waals surface area contributed by atoms with Crippen molar-refractivity contribution in [1.29, 1.82) is 0 Å². The third-order valence-corrected chi connectivity index (χ3v) is 9.73. The Morgan fingerprint density at radius 3 is 2.49 bits per heavy atom. The van der Waals surface area contributed by atoms with Gasteiger partial charge in [-0.25, -0.2) is 5.84 Å². The van der Waals surface area contributed by atoms with Crippen molar-refractivity contribution in [1.82, 2.24) is 10.2 Å². The Balaban J connectivity index is 0.000000267. The average Bonchev–Trinajstić information content (AvgIpc) is 2.91. The number of nitrogens with two attached hydrogens (primary N) is 1. The van der Waals surface area contributed by atoms with Crippen molar-refractivity contribution >= 4 is 28.3 Å². The summed E-state index contributed by atoms with van der Waals surface area (Å²) >= 11 is 0. The molecule has 41 heavy (non-hydrogen) atoms. The number of carbonyl (C=O) groups is 2. The average molecular weight is 571 g/mol. The minimum atomic E-state index is -2.18. The lowest BCUT2D eigenvalue weighted by atomic mass is 9.40. The van der Waals surface area contributed by atoms with Crippen molar-refractivity contribution in [3.05, 3.63) is 43.1 Å². The molecule has 5 rings (SSSR count). The number of aromatic nitrogens is 2. The first-order chi connectivity index (χ1) is 19.0. The van der Waals surface area contributed by atoms with Crippen molar-refractivity contribution in [2.75, 3.05) is 5.43 Å². The summed E-state index contributed by atoms with van der Waals surface area (Å²) in [4.78, 5) is 25.5. The molecule has 1 aliphatic heterocycles. The fourth-order valence-electron chi connectivity index (χ4n) is 7.79. The Labute approximate surface area is 240 Å². The van der Waals surface area contributed by atoms with E-state index < -0.39 is 63.6 Å². The lowest BCUT2D eigenvalue weighted by Crippen LogP contribution is -2.86. The van der Waals surface area contributed by atoms with Crippen LogP contribution in [-0.2, 0) is 19.1 Å². The third-order valence-electron chi connectivity index (χ3n) is 9.73. The molecule has 3 aliphatic rings. The van der Waals surface area contributed by atoms with Crippen LogP contribution in [0, 0.1) is 16.7 Å². The lowest BCUT2D eigenvalue weighted by Gasteiger charge is -2.71. The van der Waals surface area contributed by atoms with E-state index in [4.69, 9.17) is 15.3 Å². The van der Waals surface area contributed by atoms with Gasteiger partial charge in [0.15, 0.2) is 23.3 Å². The summed E-state index contributed by atoms with van der Waals surface area (Å²) < 4.78 is 11.8. The van der Waals surface area contributed by atoms with Gasteiger partial charge in [0.05, 0.1) is 24.0 Å². The first-order valence-electron chi connectivity index (χ1n) is 13.8. The summed E-state index contributed by atoms with van der Waals surface area (Å²) in [6.45, 7) is 13.6. The van der Waals surface area contributed by atoms with Gasteiger partial charge in [0.25, 0.3) is 0 Å². The normalized spacial score (nSPS) is 39.4. The predicted molar refractivity (Wildman–Crippen MR) is 152 cm³/mol. The number of benzene rings is 1. The number of nitrogens with zero attached hydrogens (tertiary/aromatic N) is 2. The Bertz CT molecular complexity index is 1350. The molecule has 2 aliphatic carbocycles. The van der Waals surface area contributed by atoms with Crippen LogP contribution >= 0.6 is 0 Å².